The van der Waals surface area contributed by atoms with Crippen LogP contribution in [0.4, 0.5) is 4.39 Å². The zero-order valence-electron chi connectivity index (χ0n) is 24.5. The number of aliphatic hydroxyl groups excluding tert-OH is 1. The van der Waals surface area contributed by atoms with Gasteiger partial charge in [0.2, 0.25) is 0 Å². The van der Waals surface area contributed by atoms with Gasteiger partial charge in [0.25, 0.3) is 5.56 Å². The van der Waals surface area contributed by atoms with Gasteiger partial charge in [-0.15, -0.1) is 0 Å². The van der Waals surface area contributed by atoms with Gasteiger partial charge in [0.1, 0.15) is 18.2 Å². The molecule has 0 amide bonds. The average molecular weight is 642 g/mol. The number of rotatable bonds is 12. The summed E-state index contributed by atoms with van der Waals surface area (Å²) in [6, 6.07) is 4.32. The van der Waals surface area contributed by atoms with Crippen LogP contribution in [0, 0.1) is 0 Å². The molecule has 0 spiro atoms. The summed E-state index contributed by atoms with van der Waals surface area (Å²) in [6.45, 7) is 4.84. The number of aliphatic hydroxyl groups is 1. The number of methoxy groups -OCH3 is 1. The van der Waals surface area contributed by atoms with Crippen molar-refractivity contribution in [2.24, 2.45) is 0 Å². The molecule has 44 heavy (non-hydrogen) atoms. The van der Waals surface area contributed by atoms with Crippen LogP contribution in [0.2, 0.25) is 0 Å². The number of ether oxygens (including phenoxy) is 3. The Hall–Kier alpha value is -3.82. The van der Waals surface area contributed by atoms with Crippen molar-refractivity contribution >= 4 is 30.7 Å². The second kappa shape index (κ2) is 13.0. The van der Waals surface area contributed by atoms with Crippen LogP contribution in [-0.4, -0.2) is 70.3 Å². The van der Waals surface area contributed by atoms with Crippen molar-refractivity contribution in [2.45, 2.75) is 70.4 Å². The van der Waals surface area contributed by atoms with Crippen LogP contribution in [0.3, 0.4) is 0 Å². The fourth-order valence-corrected chi connectivity index (χ4v) is 6.00. The highest BCUT2D eigenvalue weighted by molar-refractivity contribution is 7.52. The molecule has 17 heteroatoms. The molecule has 1 aliphatic heterocycles. The Bertz CT molecular complexity index is 1680. The Morgan fingerprint density at radius 3 is 2.64 bits per heavy atom. The monoisotopic (exact) mass is 641 g/mol. The number of fused-ring (bicyclic) bond motifs is 1. The first-order valence-corrected chi connectivity index (χ1v) is 15.0. The van der Waals surface area contributed by atoms with E-state index in [2.05, 4.69) is 5.09 Å². The maximum Gasteiger partial charge on any atom is 0.459 e. The van der Waals surface area contributed by atoms with Crippen molar-refractivity contribution in [1.82, 2.24) is 14.6 Å². The van der Waals surface area contributed by atoms with E-state index >= 15 is 4.39 Å². The van der Waals surface area contributed by atoms with Gasteiger partial charge in [-0.05, 0) is 33.8 Å². The largest absolute Gasteiger partial charge is 0.469 e. The third-order valence-corrected chi connectivity index (χ3v) is 8.34. The molecular formula is C27H33FN3O12P. The van der Waals surface area contributed by atoms with Crippen LogP contribution in [0.15, 0.2) is 50.7 Å². The summed E-state index contributed by atoms with van der Waals surface area (Å²) in [5.74, 6) is -1.40. The predicted octanol–water partition coefficient (Wildman–Crippen LogP) is 2.12. The standard InChI is InChI=1S/C27H33FN3O12P/c1-14(2)41-24(35)15(3)30-44(37,43-18-8-6-7-17-16(11-21(33)38-5)12-39-22(17)18)40-13-19-23(34)27(4,28)25(42-19)31-10-9-20(32)29-26(31)36/h6-10,12,14-15,19,23,25,34H,11,13H2,1-5H3,(H,30,37)(H,29,32,36). The third-order valence-electron chi connectivity index (χ3n) is 6.71. The summed E-state index contributed by atoms with van der Waals surface area (Å²) in [5, 5.41) is 13.7. The molecule has 1 fully saturated rings. The second-order valence-corrected chi connectivity index (χ2v) is 12.2. The van der Waals surface area contributed by atoms with Crippen molar-refractivity contribution in [3.63, 3.8) is 0 Å². The molecule has 1 saturated heterocycles. The first kappa shape index (κ1) is 33.1. The van der Waals surface area contributed by atoms with Crippen molar-refractivity contribution in [3.8, 4) is 5.75 Å². The lowest BCUT2D eigenvalue weighted by Crippen LogP contribution is -2.43. The van der Waals surface area contributed by atoms with E-state index in [-0.39, 0.29) is 17.8 Å². The molecule has 0 saturated carbocycles. The van der Waals surface area contributed by atoms with Crippen molar-refractivity contribution < 1.29 is 51.3 Å². The van der Waals surface area contributed by atoms with Crippen LogP contribution in [0.5, 0.6) is 5.75 Å². The number of nitrogens with one attached hydrogen (secondary N) is 2. The molecule has 15 nitrogen and oxygen atoms in total. The van der Waals surface area contributed by atoms with E-state index in [1.807, 2.05) is 4.98 Å². The van der Waals surface area contributed by atoms with Gasteiger partial charge >= 0.3 is 25.4 Å². The van der Waals surface area contributed by atoms with E-state index in [0.717, 1.165) is 23.8 Å². The molecule has 3 N–H and O–H groups in total. The number of aromatic nitrogens is 2. The number of furan rings is 1. The minimum atomic E-state index is -4.58. The molecule has 1 aromatic carbocycles. The van der Waals surface area contributed by atoms with Crippen molar-refractivity contribution in [3.05, 3.63) is 63.1 Å². The lowest BCUT2D eigenvalue weighted by Gasteiger charge is -2.25. The zero-order chi connectivity index (χ0) is 32.4. The number of H-pyrrole nitrogens is 1. The van der Waals surface area contributed by atoms with Gasteiger partial charge < -0.3 is 28.3 Å². The first-order valence-electron chi connectivity index (χ1n) is 13.5. The molecule has 0 aliphatic carbocycles. The topological polar surface area (TPSA) is 198 Å². The third kappa shape index (κ3) is 7.11. The van der Waals surface area contributed by atoms with Gasteiger partial charge in [-0.1, -0.05) is 12.1 Å². The number of hydrogen-bond acceptors (Lipinski definition) is 12. The molecule has 4 rings (SSSR count). The maximum atomic E-state index is 15.7. The number of esters is 2. The van der Waals surface area contributed by atoms with Gasteiger partial charge in [-0.3, -0.25) is 28.5 Å². The zero-order valence-corrected chi connectivity index (χ0v) is 25.4. The van der Waals surface area contributed by atoms with Crippen molar-refractivity contribution in [1.29, 1.82) is 0 Å². The quantitative estimate of drug-likeness (QED) is 0.192. The number of carbonyl (C=O) groups is 2. The number of nitrogens with zero attached hydrogens (tertiary/aromatic N) is 1. The Morgan fingerprint density at radius 1 is 1.25 bits per heavy atom. The van der Waals surface area contributed by atoms with E-state index in [1.165, 1.54) is 26.4 Å². The Labute approximate surface area is 249 Å². The molecule has 0 radical (unpaired) electrons. The number of carbonyl (C=O) groups excluding carboxylic acids is 2. The number of alkyl halides is 1. The normalized spacial score (nSPS) is 23.8. The van der Waals surface area contributed by atoms with E-state index < -0.39 is 73.8 Å². The van der Waals surface area contributed by atoms with Crippen LogP contribution in [0.25, 0.3) is 11.0 Å². The summed E-state index contributed by atoms with van der Waals surface area (Å²) in [7, 11) is -3.35. The van der Waals surface area contributed by atoms with Gasteiger partial charge in [-0.25, -0.2) is 13.8 Å². The smallest absolute Gasteiger partial charge is 0.459 e. The van der Waals surface area contributed by atoms with Crippen molar-refractivity contribution in [2.75, 3.05) is 13.7 Å². The highest BCUT2D eigenvalue weighted by atomic mass is 31.2. The van der Waals surface area contributed by atoms with Crippen LogP contribution >= 0.6 is 7.75 Å². The average Bonchev–Trinajstić information content (AvgIpc) is 3.45. The van der Waals surface area contributed by atoms with E-state index in [9.17, 15) is 28.8 Å². The van der Waals surface area contributed by atoms with Crippen LogP contribution in [-0.2, 0) is 39.3 Å². The lowest BCUT2D eigenvalue weighted by molar-refractivity contribution is -0.149. The SMILES string of the molecule is COC(=O)Cc1coc2c(OP(=O)(NC(C)C(=O)OC(C)C)OCC3OC(n4ccc(=O)[nH]c4=O)C(C)(F)C3O)cccc12. The molecule has 240 valence electrons. The molecule has 6 unspecified atom stereocenters. The predicted molar refractivity (Wildman–Crippen MR) is 151 cm³/mol. The molecule has 3 heterocycles. The van der Waals surface area contributed by atoms with Gasteiger partial charge in [0, 0.05) is 23.2 Å². The fourth-order valence-electron chi connectivity index (χ4n) is 4.50. The Morgan fingerprint density at radius 2 is 1.98 bits per heavy atom. The second-order valence-electron chi connectivity index (χ2n) is 10.5. The summed E-state index contributed by atoms with van der Waals surface area (Å²) >= 11 is 0. The molecule has 0 bridgehead atoms. The van der Waals surface area contributed by atoms with Gasteiger partial charge in [0.05, 0.1) is 32.5 Å². The number of aromatic amines is 1. The lowest BCUT2D eigenvalue weighted by atomic mass is 9.98. The van der Waals surface area contributed by atoms with E-state index in [1.54, 1.807) is 26.0 Å². The van der Waals surface area contributed by atoms with E-state index in [4.69, 9.17) is 27.7 Å². The summed E-state index contributed by atoms with van der Waals surface area (Å²) in [6.07, 6.45) is -3.36. The van der Waals surface area contributed by atoms with Crippen LogP contribution < -0.4 is 20.9 Å². The molecule has 2 aromatic heterocycles. The summed E-state index contributed by atoms with van der Waals surface area (Å²) < 4.78 is 62.9. The number of halogens is 1. The number of para-hydroxylation sites is 1. The molecular weight excluding hydrogens is 608 g/mol. The molecule has 3 aromatic rings. The van der Waals surface area contributed by atoms with Gasteiger partial charge in [-0.2, -0.15) is 5.09 Å². The van der Waals surface area contributed by atoms with Crippen LogP contribution in [0.1, 0.15) is 39.5 Å². The summed E-state index contributed by atoms with van der Waals surface area (Å²) in [5.41, 5.74) is -3.70. The minimum absolute atomic E-state index is 0.0974. The fraction of sp³-hybridized carbons (Fsp3) is 0.481. The highest BCUT2D eigenvalue weighted by Gasteiger charge is 2.56. The summed E-state index contributed by atoms with van der Waals surface area (Å²) in [4.78, 5) is 50.1. The van der Waals surface area contributed by atoms with E-state index in [0.29, 0.717) is 10.9 Å². The molecule has 6 atom stereocenters. The Kier molecular flexibility index (Phi) is 9.80. The highest BCUT2D eigenvalue weighted by Crippen LogP contribution is 2.49. The first-order chi connectivity index (χ1) is 20.6. The molecule has 1 aliphatic rings. The minimum Gasteiger partial charge on any atom is -0.469 e. The Balaban J connectivity index is 1.62. The maximum absolute atomic E-state index is 15.7. The number of benzene rings is 1. The number of hydrogen-bond donors (Lipinski definition) is 3. The van der Waals surface area contributed by atoms with Gasteiger partial charge in [0.15, 0.2) is 23.2 Å².